The van der Waals surface area contributed by atoms with Crippen molar-refractivity contribution < 1.29 is 4.79 Å². The number of rotatable bonds is 2. The van der Waals surface area contributed by atoms with Gasteiger partial charge in [-0.3, -0.25) is 4.79 Å². The van der Waals surface area contributed by atoms with Crippen LogP contribution in [0.3, 0.4) is 0 Å². The number of hydrogen-bond donors (Lipinski definition) is 1. The van der Waals surface area contributed by atoms with E-state index >= 15 is 0 Å². The number of carbonyl (C=O) groups excluding carboxylic acids is 1. The molecule has 1 heterocycles. The number of fused-ring (bicyclic) bond motifs is 1. The molecule has 1 aromatic heterocycles. The Labute approximate surface area is 135 Å². The van der Waals surface area contributed by atoms with Crippen molar-refractivity contribution in [3.63, 3.8) is 0 Å². The average Bonchev–Trinajstić information content (AvgIpc) is 2.93. The monoisotopic (exact) mass is 337 g/mol. The molecule has 3 aromatic rings. The first-order valence-corrected chi connectivity index (χ1v) is 7.53. The maximum atomic E-state index is 12.3. The summed E-state index contributed by atoms with van der Waals surface area (Å²) in [6, 6.07) is 8.53. The second-order valence-electron chi connectivity index (χ2n) is 4.47. The molecule has 0 fully saturated rings. The van der Waals surface area contributed by atoms with Crippen molar-refractivity contribution in [1.29, 1.82) is 0 Å². The number of carbonyl (C=O) groups is 1. The van der Waals surface area contributed by atoms with Gasteiger partial charge in [0.1, 0.15) is 11.0 Å². The number of nitrogens with zero attached hydrogens (tertiary/aromatic N) is 2. The summed E-state index contributed by atoms with van der Waals surface area (Å²) < 4.78 is 8.39. The van der Waals surface area contributed by atoms with Gasteiger partial charge >= 0.3 is 0 Å². The van der Waals surface area contributed by atoms with E-state index in [4.69, 9.17) is 23.2 Å². The second kappa shape index (κ2) is 5.60. The van der Waals surface area contributed by atoms with Crippen molar-refractivity contribution in [3.05, 3.63) is 51.5 Å². The zero-order valence-electron chi connectivity index (χ0n) is 10.9. The van der Waals surface area contributed by atoms with Gasteiger partial charge in [-0.1, -0.05) is 29.3 Å². The van der Waals surface area contributed by atoms with Crippen LogP contribution in [-0.4, -0.2) is 14.7 Å². The Morgan fingerprint density at radius 2 is 1.95 bits per heavy atom. The molecule has 1 N–H and O–H groups in total. The van der Waals surface area contributed by atoms with Crippen molar-refractivity contribution in [2.24, 2.45) is 0 Å². The fourth-order valence-corrected chi connectivity index (χ4v) is 2.77. The number of anilines is 1. The summed E-state index contributed by atoms with van der Waals surface area (Å²) in [6.45, 7) is 1.91. The molecule has 0 saturated carbocycles. The molecular weight excluding hydrogens is 329 g/mol. The minimum absolute atomic E-state index is 0.267. The van der Waals surface area contributed by atoms with E-state index < -0.39 is 0 Å². The molecule has 106 valence electrons. The molecule has 0 aliphatic carbocycles. The lowest BCUT2D eigenvalue weighted by molar-refractivity contribution is 0.102. The van der Waals surface area contributed by atoms with E-state index in [1.807, 2.05) is 19.1 Å². The normalized spacial score (nSPS) is 10.8. The Hall–Kier alpha value is -1.69. The maximum Gasteiger partial charge on any atom is 0.255 e. The van der Waals surface area contributed by atoms with Crippen LogP contribution >= 0.6 is 34.9 Å². The van der Waals surface area contributed by atoms with E-state index in [0.29, 0.717) is 26.8 Å². The van der Waals surface area contributed by atoms with Crippen LogP contribution in [0.5, 0.6) is 0 Å². The Morgan fingerprint density at radius 3 is 2.71 bits per heavy atom. The van der Waals surface area contributed by atoms with Crippen LogP contribution in [0.2, 0.25) is 10.0 Å². The summed E-state index contributed by atoms with van der Waals surface area (Å²) in [5, 5.41) is 3.62. The largest absolute Gasteiger partial charge is 0.320 e. The highest BCUT2D eigenvalue weighted by Crippen LogP contribution is 2.27. The molecule has 0 aliphatic rings. The van der Waals surface area contributed by atoms with Gasteiger partial charge in [0, 0.05) is 5.56 Å². The molecule has 4 nitrogen and oxygen atoms in total. The van der Waals surface area contributed by atoms with Gasteiger partial charge in [-0.15, -0.1) is 0 Å². The molecule has 0 spiro atoms. The van der Waals surface area contributed by atoms with Crippen molar-refractivity contribution in [2.45, 2.75) is 6.92 Å². The van der Waals surface area contributed by atoms with Gasteiger partial charge in [0.15, 0.2) is 0 Å². The van der Waals surface area contributed by atoms with Crippen LogP contribution in [0.1, 0.15) is 15.9 Å². The first kappa shape index (κ1) is 14.3. The van der Waals surface area contributed by atoms with Crippen LogP contribution in [0.15, 0.2) is 30.3 Å². The minimum atomic E-state index is -0.267. The molecule has 0 unspecified atom stereocenters. The predicted octanol–water partition coefficient (Wildman–Crippen LogP) is 4.56. The zero-order chi connectivity index (χ0) is 15.0. The molecule has 2 aromatic carbocycles. The van der Waals surface area contributed by atoms with Crippen molar-refractivity contribution in [3.8, 4) is 0 Å². The molecule has 0 atom stereocenters. The quantitative estimate of drug-likeness (QED) is 0.745. The fourth-order valence-electron chi connectivity index (χ4n) is 1.93. The standard InChI is InChI=1S/C14H9Cl2N3OS/c1-7-2-5-11-13(19-21-18-11)12(7)17-14(20)8-3-4-9(15)10(16)6-8/h2-6H,1H3,(H,17,20). The highest BCUT2D eigenvalue weighted by atomic mass is 35.5. The third kappa shape index (κ3) is 2.72. The van der Waals surface area contributed by atoms with Crippen LogP contribution in [0.4, 0.5) is 5.69 Å². The van der Waals surface area contributed by atoms with Gasteiger partial charge < -0.3 is 5.32 Å². The first-order valence-electron chi connectivity index (χ1n) is 6.04. The lowest BCUT2D eigenvalue weighted by Gasteiger charge is -2.09. The summed E-state index contributed by atoms with van der Waals surface area (Å²) in [6.07, 6.45) is 0. The Morgan fingerprint density at radius 1 is 1.14 bits per heavy atom. The third-order valence-electron chi connectivity index (χ3n) is 3.06. The lowest BCUT2D eigenvalue weighted by atomic mass is 10.1. The van der Waals surface area contributed by atoms with Gasteiger partial charge in [-0.2, -0.15) is 8.75 Å². The topological polar surface area (TPSA) is 54.9 Å². The molecule has 1 amide bonds. The number of aryl methyl sites for hydroxylation is 1. The molecule has 21 heavy (non-hydrogen) atoms. The van der Waals surface area contributed by atoms with E-state index in [2.05, 4.69) is 14.1 Å². The van der Waals surface area contributed by atoms with Gasteiger partial charge in [0.25, 0.3) is 5.91 Å². The summed E-state index contributed by atoms with van der Waals surface area (Å²) in [7, 11) is 0. The molecule has 0 saturated heterocycles. The Balaban J connectivity index is 1.98. The second-order valence-corrected chi connectivity index (χ2v) is 5.82. The predicted molar refractivity (Wildman–Crippen MR) is 86.6 cm³/mol. The molecule has 7 heteroatoms. The molecule has 0 radical (unpaired) electrons. The number of aromatic nitrogens is 2. The minimum Gasteiger partial charge on any atom is -0.320 e. The zero-order valence-corrected chi connectivity index (χ0v) is 13.2. The molecule has 3 rings (SSSR count). The Bertz CT molecular complexity index is 847. The van der Waals surface area contributed by atoms with Gasteiger partial charge in [0.05, 0.1) is 27.5 Å². The van der Waals surface area contributed by atoms with Gasteiger partial charge in [-0.05, 0) is 36.8 Å². The lowest BCUT2D eigenvalue weighted by Crippen LogP contribution is -2.13. The Kier molecular flexibility index (Phi) is 3.80. The number of hydrogen-bond acceptors (Lipinski definition) is 4. The van der Waals surface area contributed by atoms with Gasteiger partial charge in [0.2, 0.25) is 0 Å². The van der Waals surface area contributed by atoms with Crippen molar-refractivity contribution >= 4 is 57.6 Å². The molecule has 0 bridgehead atoms. The summed E-state index contributed by atoms with van der Waals surface area (Å²) in [5.41, 5.74) is 3.47. The third-order valence-corrected chi connectivity index (χ3v) is 4.34. The average molecular weight is 338 g/mol. The van der Waals surface area contributed by atoms with Crippen LogP contribution in [0, 0.1) is 6.92 Å². The van der Waals surface area contributed by atoms with Crippen molar-refractivity contribution in [1.82, 2.24) is 8.75 Å². The molecular formula is C14H9Cl2N3OS. The molecule has 0 aliphatic heterocycles. The highest BCUT2D eigenvalue weighted by molar-refractivity contribution is 7.00. The maximum absolute atomic E-state index is 12.3. The summed E-state index contributed by atoms with van der Waals surface area (Å²) in [4.78, 5) is 12.3. The SMILES string of the molecule is Cc1ccc2nsnc2c1NC(=O)c1ccc(Cl)c(Cl)c1. The fraction of sp³-hybridized carbons (Fsp3) is 0.0714. The number of amides is 1. The van der Waals surface area contributed by atoms with Gasteiger partial charge in [-0.25, -0.2) is 0 Å². The first-order chi connectivity index (χ1) is 10.1. The summed E-state index contributed by atoms with van der Waals surface area (Å²) in [5.74, 6) is -0.267. The van der Waals surface area contributed by atoms with Crippen LogP contribution < -0.4 is 5.32 Å². The number of nitrogens with one attached hydrogen (secondary N) is 1. The summed E-state index contributed by atoms with van der Waals surface area (Å²) >= 11 is 12.9. The van der Waals surface area contributed by atoms with E-state index in [-0.39, 0.29) is 5.91 Å². The highest BCUT2D eigenvalue weighted by Gasteiger charge is 2.14. The van der Waals surface area contributed by atoms with Crippen molar-refractivity contribution in [2.75, 3.05) is 5.32 Å². The smallest absolute Gasteiger partial charge is 0.255 e. The van der Waals surface area contributed by atoms with E-state index in [0.717, 1.165) is 22.8 Å². The van der Waals surface area contributed by atoms with E-state index in [1.54, 1.807) is 12.1 Å². The van der Waals surface area contributed by atoms with Crippen LogP contribution in [0.25, 0.3) is 11.0 Å². The van der Waals surface area contributed by atoms with E-state index in [1.165, 1.54) is 6.07 Å². The number of benzene rings is 2. The number of halogens is 2. The van der Waals surface area contributed by atoms with E-state index in [9.17, 15) is 4.79 Å². The van der Waals surface area contributed by atoms with Crippen LogP contribution in [-0.2, 0) is 0 Å².